The second kappa shape index (κ2) is 7.97. The molecule has 1 amide bonds. The summed E-state index contributed by atoms with van der Waals surface area (Å²) in [7, 11) is 1.86. The Hall–Kier alpha value is -2.93. The van der Waals surface area contributed by atoms with Crippen molar-refractivity contribution in [2.24, 2.45) is 7.05 Å². The van der Waals surface area contributed by atoms with Gasteiger partial charge in [-0.15, -0.1) is 10.2 Å². The van der Waals surface area contributed by atoms with E-state index in [-0.39, 0.29) is 11.7 Å². The number of Topliss-reactive ketones (excluding diaryl/α,β-unsaturated/α-hetero) is 1. The minimum atomic E-state index is -0.129. The number of anilines is 1. The van der Waals surface area contributed by atoms with Crippen molar-refractivity contribution in [1.29, 1.82) is 0 Å². The average Bonchev–Trinajstić information content (AvgIpc) is 3.01. The maximum absolute atomic E-state index is 12.2. The highest BCUT2D eigenvalue weighted by atomic mass is 32.2. The van der Waals surface area contributed by atoms with Gasteiger partial charge in [-0.1, -0.05) is 54.2 Å². The fourth-order valence-corrected chi connectivity index (χ4v) is 3.27. The number of carbonyl (C=O) groups is 2. The van der Waals surface area contributed by atoms with Gasteiger partial charge < -0.3 is 9.88 Å². The van der Waals surface area contributed by atoms with Gasteiger partial charge in [0.2, 0.25) is 5.91 Å². The van der Waals surface area contributed by atoms with Crippen molar-refractivity contribution in [3.63, 3.8) is 0 Å². The molecule has 0 fully saturated rings. The van der Waals surface area contributed by atoms with Crippen molar-refractivity contribution in [3.8, 4) is 11.4 Å². The van der Waals surface area contributed by atoms with Crippen LogP contribution in [0, 0.1) is 0 Å². The number of thioether (sulfide) groups is 1. The molecule has 0 aliphatic carbocycles. The summed E-state index contributed by atoms with van der Waals surface area (Å²) in [6.45, 7) is 1.47. The summed E-state index contributed by atoms with van der Waals surface area (Å²) in [6.07, 6.45) is 0. The number of nitrogens with zero attached hydrogens (tertiary/aromatic N) is 3. The lowest BCUT2D eigenvalue weighted by atomic mass is 10.2. The van der Waals surface area contributed by atoms with Crippen molar-refractivity contribution in [3.05, 3.63) is 60.2 Å². The average molecular weight is 366 g/mol. The van der Waals surface area contributed by atoms with Crippen LogP contribution in [-0.2, 0) is 11.8 Å². The molecule has 132 valence electrons. The third-order valence-corrected chi connectivity index (χ3v) is 4.72. The van der Waals surface area contributed by atoms with Crippen LogP contribution < -0.4 is 5.32 Å². The second-order valence-corrected chi connectivity index (χ2v) is 6.65. The summed E-state index contributed by atoms with van der Waals surface area (Å²) < 4.78 is 1.84. The van der Waals surface area contributed by atoms with Gasteiger partial charge in [-0.25, -0.2) is 0 Å². The Kier molecular flexibility index (Phi) is 5.48. The zero-order valence-corrected chi connectivity index (χ0v) is 15.3. The van der Waals surface area contributed by atoms with Gasteiger partial charge >= 0.3 is 0 Å². The molecular formula is C19H18N4O2S. The number of aromatic nitrogens is 3. The van der Waals surface area contributed by atoms with Gasteiger partial charge in [-0.05, 0) is 12.1 Å². The zero-order valence-electron chi connectivity index (χ0n) is 14.5. The van der Waals surface area contributed by atoms with E-state index in [4.69, 9.17) is 0 Å². The van der Waals surface area contributed by atoms with E-state index in [0.29, 0.717) is 28.0 Å². The van der Waals surface area contributed by atoms with Crippen LogP contribution in [0.3, 0.4) is 0 Å². The lowest BCUT2D eigenvalue weighted by Crippen LogP contribution is -2.06. The Morgan fingerprint density at radius 1 is 1.08 bits per heavy atom. The van der Waals surface area contributed by atoms with Crippen LogP contribution in [0.15, 0.2) is 59.8 Å². The molecule has 0 unspecified atom stereocenters. The molecule has 0 spiro atoms. The van der Waals surface area contributed by atoms with E-state index in [2.05, 4.69) is 15.5 Å². The Morgan fingerprint density at radius 2 is 1.85 bits per heavy atom. The molecule has 7 heteroatoms. The van der Waals surface area contributed by atoms with Crippen LogP contribution in [0.25, 0.3) is 11.4 Å². The van der Waals surface area contributed by atoms with Crippen molar-refractivity contribution in [2.75, 3.05) is 11.1 Å². The molecule has 1 heterocycles. The fraction of sp³-hybridized carbons (Fsp3) is 0.158. The first-order valence-corrected chi connectivity index (χ1v) is 9.01. The van der Waals surface area contributed by atoms with E-state index < -0.39 is 0 Å². The first kappa shape index (κ1) is 17.9. The number of carbonyl (C=O) groups excluding carboxylic acids is 2. The molecule has 26 heavy (non-hydrogen) atoms. The summed E-state index contributed by atoms with van der Waals surface area (Å²) in [6, 6.07) is 16.6. The van der Waals surface area contributed by atoms with E-state index in [9.17, 15) is 9.59 Å². The van der Waals surface area contributed by atoms with Gasteiger partial charge in [0.1, 0.15) is 0 Å². The largest absolute Gasteiger partial charge is 0.326 e. The van der Waals surface area contributed by atoms with Gasteiger partial charge in [0.25, 0.3) is 0 Å². The molecule has 2 aromatic carbocycles. The lowest BCUT2D eigenvalue weighted by molar-refractivity contribution is -0.114. The third-order valence-electron chi connectivity index (χ3n) is 3.70. The minimum Gasteiger partial charge on any atom is -0.326 e. The van der Waals surface area contributed by atoms with Crippen molar-refractivity contribution >= 4 is 29.1 Å². The van der Waals surface area contributed by atoms with Gasteiger partial charge in [0.05, 0.1) is 5.75 Å². The number of benzene rings is 2. The van der Waals surface area contributed by atoms with E-state index >= 15 is 0 Å². The van der Waals surface area contributed by atoms with Crippen molar-refractivity contribution in [2.45, 2.75) is 12.1 Å². The summed E-state index contributed by atoms with van der Waals surface area (Å²) in [5.74, 6) is 0.887. The number of rotatable bonds is 6. The molecule has 0 atom stereocenters. The molecular weight excluding hydrogens is 348 g/mol. The maximum Gasteiger partial charge on any atom is 0.221 e. The smallest absolute Gasteiger partial charge is 0.221 e. The van der Waals surface area contributed by atoms with E-state index in [1.807, 2.05) is 54.1 Å². The van der Waals surface area contributed by atoms with Gasteiger partial charge in [0, 0.05) is 30.8 Å². The highest BCUT2D eigenvalue weighted by Gasteiger charge is 2.14. The van der Waals surface area contributed by atoms with Crippen molar-refractivity contribution < 1.29 is 9.59 Å². The minimum absolute atomic E-state index is 0.0489. The van der Waals surface area contributed by atoms with Crippen LogP contribution in [0.4, 0.5) is 5.69 Å². The number of amides is 1. The molecule has 6 nitrogen and oxygen atoms in total. The number of ketones is 1. The quantitative estimate of drug-likeness (QED) is 0.534. The van der Waals surface area contributed by atoms with Gasteiger partial charge in [-0.2, -0.15) is 0 Å². The van der Waals surface area contributed by atoms with Gasteiger partial charge in [0.15, 0.2) is 16.8 Å². The summed E-state index contributed by atoms with van der Waals surface area (Å²) in [5, 5.41) is 11.8. The SMILES string of the molecule is CC(=O)Nc1cccc(-c2nnc(SCC(=O)c3ccccc3)n2C)c1. The first-order valence-electron chi connectivity index (χ1n) is 8.03. The molecule has 1 aromatic heterocycles. The molecule has 0 bridgehead atoms. The topological polar surface area (TPSA) is 76.9 Å². The molecule has 0 radical (unpaired) electrons. The summed E-state index contributed by atoms with van der Waals surface area (Å²) in [5.41, 5.74) is 2.23. The fourth-order valence-electron chi connectivity index (χ4n) is 2.47. The number of hydrogen-bond acceptors (Lipinski definition) is 5. The van der Waals surface area contributed by atoms with Crippen LogP contribution in [0.1, 0.15) is 17.3 Å². The Morgan fingerprint density at radius 3 is 2.58 bits per heavy atom. The highest BCUT2D eigenvalue weighted by molar-refractivity contribution is 7.99. The predicted octanol–water partition coefficient (Wildman–Crippen LogP) is 3.42. The highest BCUT2D eigenvalue weighted by Crippen LogP contribution is 2.25. The van der Waals surface area contributed by atoms with E-state index in [1.165, 1.54) is 18.7 Å². The first-order chi connectivity index (χ1) is 12.5. The lowest BCUT2D eigenvalue weighted by Gasteiger charge is -2.06. The number of nitrogens with one attached hydrogen (secondary N) is 1. The van der Waals surface area contributed by atoms with Crippen LogP contribution in [-0.4, -0.2) is 32.2 Å². The maximum atomic E-state index is 12.2. The monoisotopic (exact) mass is 366 g/mol. The summed E-state index contributed by atoms with van der Waals surface area (Å²) in [4.78, 5) is 23.5. The normalized spacial score (nSPS) is 10.5. The molecule has 3 aromatic rings. The number of hydrogen-bond donors (Lipinski definition) is 1. The Balaban J connectivity index is 1.74. The standard InChI is InChI=1S/C19H18N4O2S/c1-13(24)20-16-10-6-9-15(11-16)18-21-22-19(23(18)2)26-12-17(25)14-7-4-3-5-8-14/h3-11H,12H2,1-2H3,(H,20,24). The molecule has 0 aliphatic rings. The molecule has 0 saturated heterocycles. The Labute approximate surface area is 155 Å². The predicted molar refractivity (Wildman–Crippen MR) is 102 cm³/mol. The van der Waals surface area contributed by atoms with Crippen LogP contribution in [0.2, 0.25) is 0 Å². The molecule has 1 N–H and O–H groups in total. The van der Waals surface area contributed by atoms with E-state index in [0.717, 1.165) is 5.56 Å². The second-order valence-electron chi connectivity index (χ2n) is 5.71. The van der Waals surface area contributed by atoms with Gasteiger partial charge in [-0.3, -0.25) is 9.59 Å². The molecule has 3 rings (SSSR count). The third kappa shape index (κ3) is 4.18. The molecule has 0 aliphatic heterocycles. The van der Waals surface area contributed by atoms with E-state index in [1.54, 1.807) is 12.1 Å². The zero-order chi connectivity index (χ0) is 18.5. The molecule has 0 saturated carbocycles. The van der Waals surface area contributed by atoms with Crippen LogP contribution >= 0.6 is 11.8 Å². The van der Waals surface area contributed by atoms with Crippen molar-refractivity contribution in [1.82, 2.24) is 14.8 Å². The Bertz CT molecular complexity index is 938. The van der Waals surface area contributed by atoms with Crippen LogP contribution in [0.5, 0.6) is 0 Å². The summed E-state index contributed by atoms with van der Waals surface area (Å²) >= 11 is 1.35.